The van der Waals surface area contributed by atoms with Crippen molar-refractivity contribution in [1.82, 2.24) is 24.5 Å². The highest BCUT2D eigenvalue weighted by atomic mass is 32.1. The maximum absolute atomic E-state index is 13.3. The number of rotatable bonds is 3. The Morgan fingerprint density at radius 2 is 1.82 bits per heavy atom. The number of hydrogen-bond acceptors (Lipinski definition) is 4. The lowest BCUT2D eigenvalue weighted by Crippen LogP contribution is -2.25. The van der Waals surface area contributed by atoms with Crippen molar-refractivity contribution in [2.45, 2.75) is 40.2 Å². The largest absolute Gasteiger partial charge is 0.293 e. The molecule has 0 aliphatic heterocycles. The van der Waals surface area contributed by atoms with E-state index in [1.54, 1.807) is 0 Å². The van der Waals surface area contributed by atoms with Crippen LogP contribution in [0.5, 0.6) is 0 Å². The van der Waals surface area contributed by atoms with Gasteiger partial charge in [-0.05, 0) is 40.7 Å². The molecule has 0 amide bonds. The van der Waals surface area contributed by atoms with E-state index in [2.05, 4.69) is 36.0 Å². The molecule has 3 heterocycles. The third-order valence-corrected chi connectivity index (χ3v) is 5.37. The summed E-state index contributed by atoms with van der Waals surface area (Å²) in [6, 6.07) is 11.9. The van der Waals surface area contributed by atoms with Gasteiger partial charge in [-0.15, -0.1) is 11.3 Å². The van der Waals surface area contributed by atoms with Crippen LogP contribution in [0.25, 0.3) is 27.6 Å². The fraction of sp³-hybridized carbons (Fsp3) is 0.286. The average molecular weight is 394 g/mol. The fourth-order valence-electron chi connectivity index (χ4n) is 3.28. The van der Waals surface area contributed by atoms with Crippen LogP contribution >= 0.6 is 11.3 Å². The van der Waals surface area contributed by atoms with Crippen LogP contribution in [0.4, 0.5) is 0 Å². The summed E-state index contributed by atoms with van der Waals surface area (Å²) in [4.78, 5) is 17.9. The van der Waals surface area contributed by atoms with Gasteiger partial charge in [-0.1, -0.05) is 30.3 Å². The molecule has 0 spiro atoms. The first-order valence-corrected chi connectivity index (χ1v) is 10.0. The molecule has 144 valence electrons. The Kier molecular flexibility index (Phi) is 4.34. The fourth-order valence-corrected chi connectivity index (χ4v) is 4.07. The summed E-state index contributed by atoms with van der Waals surface area (Å²) in [7, 11) is 0. The molecule has 0 aliphatic rings. The molecule has 4 aromatic rings. The molecule has 6 nitrogen and oxygen atoms in total. The molecule has 0 aliphatic carbocycles. The molecule has 0 unspecified atom stereocenters. The smallest absolute Gasteiger partial charge is 0.283 e. The monoisotopic (exact) mass is 393 g/mol. The number of aryl methyl sites for hydroxylation is 2. The molecular formula is C21H23N5OS. The van der Waals surface area contributed by atoms with Crippen LogP contribution in [0.3, 0.4) is 0 Å². The SMILES string of the molecule is Cc1cc(-c2c(C)[nH]n(-c3nc(-c4ccccc4)cs3)c2=O)n(C(C)(C)C)n1. The lowest BCUT2D eigenvalue weighted by Gasteiger charge is -2.22. The molecule has 0 saturated heterocycles. The summed E-state index contributed by atoms with van der Waals surface area (Å²) < 4.78 is 3.44. The predicted octanol–water partition coefficient (Wildman–Crippen LogP) is 4.52. The highest BCUT2D eigenvalue weighted by molar-refractivity contribution is 7.12. The number of nitrogens with one attached hydrogen (secondary N) is 1. The van der Waals surface area contributed by atoms with Gasteiger partial charge in [0, 0.05) is 16.6 Å². The lowest BCUT2D eigenvalue weighted by molar-refractivity contribution is 0.358. The molecule has 1 N–H and O–H groups in total. The summed E-state index contributed by atoms with van der Waals surface area (Å²) >= 11 is 1.44. The van der Waals surface area contributed by atoms with Crippen LogP contribution in [0, 0.1) is 13.8 Å². The molecule has 28 heavy (non-hydrogen) atoms. The number of H-pyrrole nitrogens is 1. The van der Waals surface area contributed by atoms with Gasteiger partial charge in [-0.3, -0.25) is 14.6 Å². The highest BCUT2D eigenvalue weighted by Gasteiger charge is 2.25. The minimum atomic E-state index is -0.230. The topological polar surface area (TPSA) is 68.5 Å². The van der Waals surface area contributed by atoms with Gasteiger partial charge in [0.1, 0.15) is 0 Å². The molecule has 1 aromatic carbocycles. The number of thiazole rings is 1. The van der Waals surface area contributed by atoms with Gasteiger partial charge >= 0.3 is 0 Å². The van der Waals surface area contributed by atoms with Gasteiger partial charge in [-0.25, -0.2) is 4.98 Å². The predicted molar refractivity (Wildman–Crippen MR) is 113 cm³/mol. The van der Waals surface area contributed by atoms with Crippen LogP contribution in [-0.2, 0) is 5.54 Å². The van der Waals surface area contributed by atoms with Gasteiger partial charge in [-0.2, -0.15) is 9.78 Å². The van der Waals surface area contributed by atoms with E-state index in [9.17, 15) is 4.79 Å². The minimum absolute atomic E-state index is 0.114. The molecule has 0 saturated carbocycles. The van der Waals surface area contributed by atoms with Gasteiger partial charge in [0.05, 0.1) is 28.2 Å². The Morgan fingerprint density at radius 1 is 1.11 bits per heavy atom. The van der Waals surface area contributed by atoms with Crippen molar-refractivity contribution >= 4 is 11.3 Å². The maximum atomic E-state index is 13.3. The van der Waals surface area contributed by atoms with E-state index < -0.39 is 0 Å². The molecule has 0 radical (unpaired) electrons. The van der Waals surface area contributed by atoms with E-state index in [0.29, 0.717) is 10.7 Å². The zero-order chi connectivity index (χ0) is 20.1. The number of benzene rings is 1. The molecule has 0 atom stereocenters. The molecule has 3 aromatic heterocycles. The molecular weight excluding hydrogens is 370 g/mol. The Hall–Kier alpha value is -2.93. The Balaban J connectivity index is 1.83. The molecule has 4 rings (SSSR count). The second kappa shape index (κ2) is 6.60. The second-order valence-corrected chi connectivity index (χ2v) is 8.72. The van der Waals surface area contributed by atoms with Crippen LogP contribution in [0.1, 0.15) is 32.2 Å². The standard InChI is InChI=1S/C21H23N5OS/c1-13-11-17(26(23-13)21(3,4)5)18-14(2)24-25(19(18)27)20-22-16(12-28-20)15-9-7-6-8-10-15/h6-12,24H,1-5H3. The lowest BCUT2D eigenvalue weighted by atomic mass is 10.1. The van der Waals surface area contributed by atoms with Crippen molar-refractivity contribution in [2.75, 3.05) is 0 Å². The van der Waals surface area contributed by atoms with Crippen molar-refractivity contribution in [2.24, 2.45) is 0 Å². The van der Waals surface area contributed by atoms with E-state index in [-0.39, 0.29) is 11.1 Å². The Bertz CT molecular complexity index is 1190. The molecule has 0 fully saturated rings. The Labute approximate surface area is 167 Å². The third kappa shape index (κ3) is 3.11. The van der Waals surface area contributed by atoms with E-state index in [1.165, 1.54) is 16.0 Å². The van der Waals surface area contributed by atoms with Crippen LogP contribution in [0.15, 0.2) is 46.6 Å². The average Bonchev–Trinajstić information content (AvgIpc) is 3.33. The zero-order valence-electron chi connectivity index (χ0n) is 16.6. The van der Waals surface area contributed by atoms with E-state index in [0.717, 1.165) is 28.3 Å². The summed E-state index contributed by atoms with van der Waals surface area (Å²) in [5.74, 6) is 0. The normalized spacial score (nSPS) is 11.9. The Morgan fingerprint density at radius 3 is 2.50 bits per heavy atom. The number of hydrogen-bond donors (Lipinski definition) is 1. The van der Waals surface area contributed by atoms with Crippen LogP contribution < -0.4 is 5.56 Å². The summed E-state index contributed by atoms with van der Waals surface area (Å²) in [5, 5.41) is 10.4. The number of aromatic amines is 1. The van der Waals surface area contributed by atoms with E-state index >= 15 is 0 Å². The molecule has 7 heteroatoms. The van der Waals surface area contributed by atoms with Crippen molar-refractivity contribution < 1.29 is 0 Å². The maximum Gasteiger partial charge on any atom is 0.283 e. The van der Waals surface area contributed by atoms with E-state index in [4.69, 9.17) is 0 Å². The highest BCUT2D eigenvalue weighted by Crippen LogP contribution is 2.28. The quantitative estimate of drug-likeness (QED) is 0.556. The summed E-state index contributed by atoms with van der Waals surface area (Å²) in [5.41, 5.74) is 4.68. The van der Waals surface area contributed by atoms with Crippen LogP contribution in [0.2, 0.25) is 0 Å². The first-order chi connectivity index (χ1) is 13.3. The summed E-state index contributed by atoms with van der Waals surface area (Å²) in [6.45, 7) is 10.1. The first-order valence-electron chi connectivity index (χ1n) is 9.16. The van der Waals surface area contributed by atoms with Crippen LogP contribution in [-0.4, -0.2) is 24.5 Å². The zero-order valence-corrected chi connectivity index (χ0v) is 17.5. The van der Waals surface area contributed by atoms with E-state index in [1.807, 2.05) is 60.3 Å². The van der Waals surface area contributed by atoms with Crippen molar-refractivity contribution in [3.8, 4) is 27.6 Å². The number of aromatic nitrogens is 5. The summed E-state index contributed by atoms with van der Waals surface area (Å²) in [6.07, 6.45) is 0. The second-order valence-electron chi connectivity index (χ2n) is 7.89. The van der Waals surface area contributed by atoms with Crippen molar-refractivity contribution in [3.05, 3.63) is 63.5 Å². The van der Waals surface area contributed by atoms with Gasteiger partial charge in [0.25, 0.3) is 5.56 Å². The van der Waals surface area contributed by atoms with Gasteiger partial charge < -0.3 is 0 Å². The minimum Gasteiger partial charge on any atom is -0.293 e. The van der Waals surface area contributed by atoms with Gasteiger partial charge in [0.2, 0.25) is 5.13 Å². The third-order valence-electron chi connectivity index (χ3n) is 4.55. The van der Waals surface area contributed by atoms with Crippen molar-refractivity contribution in [1.29, 1.82) is 0 Å². The van der Waals surface area contributed by atoms with Gasteiger partial charge in [0.15, 0.2) is 0 Å². The number of nitrogens with zero attached hydrogens (tertiary/aromatic N) is 4. The first kappa shape index (κ1) is 18.4. The molecule has 0 bridgehead atoms. The van der Waals surface area contributed by atoms with Crippen molar-refractivity contribution in [3.63, 3.8) is 0 Å².